The Balaban J connectivity index is 1.63. The number of rotatable bonds is 7. The van der Waals surface area contributed by atoms with Crippen molar-refractivity contribution in [2.75, 3.05) is 11.9 Å². The topological polar surface area (TPSA) is 67.4 Å². The third-order valence-electron chi connectivity index (χ3n) is 3.39. The molecule has 0 aliphatic carbocycles. The van der Waals surface area contributed by atoms with Crippen molar-refractivity contribution < 1.29 is 14.3 Å². The fourth-order valence-corrected chi connectivity index (χ4v) is 2.55. The van der Waals surface area contributed by atoms with Gasteiger partial charge in [-0.2, -0.15) is 0 Å². The Morgan fingerprint density at radius 3 is 2.54 bits per heavy atom. The molecule has 0 heterocycles. The molecule has 26 heavy (non-hydrogen) atoms. The maximum absolute atomic E-state index is 11.8. The smallest absolute Gasteiger partial charge is 0.306 e. The van der Waals surface area contributed by atoms with Crippen LogP contribution in [0.4, 0.5) is 5.69 Å². The molecule has 2 aromatic carbocycles. The van der Waals surface area contributed by atoms with Crippen molar-refractivity contribution in [1.29, 1.82) is 0 Å². The Labute approximate surface area is 162 Å². The summed E-state index contributed by atoms with van der Waals surface area (Å²) in [6, 6.07) is 16.7. The molecular weight excluding hydrogens is 372 g/mol. The van der Waals surface area contributed by atoms with Crippen LogP contribution in [0.25, 0.3) is 0 Å². The van der Waals surface area contributed by atoms with Crippen molar-refractivity contribution in [3.8, 4) is 0 Å². The van der Waals surface area contributed by atoms with Gasteiger partial charge >= 0.3 is 5.97 Å². The van der Waals surface area contributed by atoms with E-state index in [0.717, 1.165) is 5.56 Å². The molecule has 7 heteroatoms. The second-order valence-electron chi connectivity index (χ2n) is 5.47. The van der Waals surface area contributed by atoms with Crippen LogP contribution in [0.3, 0.4) is 0 Å². The number of carbonyl (C=O) groups is 2. The van der Waals surface area contributed by atoms with Gasteiger partial charge < -0.3 is 15.4 Å². The minimum atomic E-state index is -0.412. The number of thiocarbonyl (C=S) groups is 1. The summed E-state index contributed by atoms with van der Waals surface area (Å²) in [4.78, 5) is 23.5. The van der Waals surface area contributed by atoms with Crippen LogP contribution in [0.2, 0.25) is 5.02 Å². The van der Waals surface area contributed by atoms with Crippen LogP contribution >= 0.6 is 23.8 Å². The van der Waals surface area contributed by atoms with E-state index in [9.17, 15) is 9.59 Å². The largest absolute Gasteiger partial charge is 0.465 e. The maximum atomic E-state index is 11.8. The van der Waals surface area contributed by atoms with Crippen LogP contribution in [0, 0.1) is 0 Å². The Kier molecular flexibility index (Phi) is 8.05. The molecule has 2 rings (SSSR count). The molecule has 0 aromatic heterocycles. The first-order chi connectivity index (χ1) is 12.5. The van der Waals surface area contributed by atoms with Crippen LogP contribution in [0.1, 0.15) is 18.4 Å². The van der Waals surface area contributed by atoms with Gasteiger partial charge in [0.1, 0.15) is 0 Å². The van der Waals surface area contributed by atoms with Crippen molar-refractivity contribution in [1.82, 2.24) is 5.32 Å². The van der Waals surface area contributed by atoms with Crippen LogP contribution in [-0.4, -0.2) is 23.6 Å². The minimum absolute atomic E-state index is 0.000398. The summed E-state index contributed by atoms with van der Waals surface area (Å²) in [6.07, 6.45) is 0.647. The number of carbonyl (C=O) groups excluding carboxylic acids is 2. The third-order valence-corrected chi connectivity index (χ3v) is 3.83. The van der Waals surface area contributed by atoms with Gasteiger partial charge in [0.2, 0.25) is 5.91 Å². The second kappa shape index (κ2) is 10.5. The maximum Gasteiger partial charge on any atom is 0.306 e. The number of amides is 1. The minimum Gasteiger partial charge on any atom is -0.465 e. The number of hydrogen-bond donors (Lipinski definition) is 2. The van der Waals surface area contributed by atoms with Crippen molar-refractivity contribution in [2.45, 2.75) is 19.3 Å². The standard InChI is InChI=1S/C19H19ClN2O3S/c20-15-7-4-8-16(13-15)21-19(26)22-17(23)9-10-18(24)25-12-11-14-5-2-1-3-6-14/h1-8,13H,9-12H2,(H2,21,22,23,26). The van der Waals surface area contributed by atoms with Gasteiger partial charge in [-0.1, -0.05) is 48.0 Å². The van der Waals surface area contributed by atoms with Gasteiger partial charge in [-0.05, 0) is 36.0 Å². The molecule has 0 fully saturated rings. The average Bonchev–Trinajstić information content (AvgIpc) is 2.61. The molecule has 0 saturated carbocycles. The van der Waals surface area contributed by atoms with Crippen molar-refractivity contribution in [3.63, 3.8) is 0 Å². The van der Waals surface area contributed by atoms with E-state index < -0.39 is 5.97 Å². The normalized spacial score (nSPS) is 10.0. The molecule has 5 nitrogen and oxygen atoms in total. The van der Waals surface area contributed by atoms with Gasteiger partial charge in [0.15, 0.2) is 5.11 Å². The van der Waals surface area contributed by atoms with Gasteiger partial charge in [0.05, 0.1) is 13.0 Å². The highest BCUT2D eigenvalue weighted by molar-refractivity contribution is 7.80. The highest BCUT2D eigenvalue weighted by atomic mass is 35.5. The van der Waals surface area contributed by atoms with E-state index >= 15 is 0 Å². The quantitative estimate of drug-likeness (QED) is 0.557. The second-order valence-corrected chi connectivity index (χ2v) is 6.31. The summed E-state index contributed by atoms with van der Waals surface area (Å²) in [5.41, 5.74) is 1.76. The predicted molar refractivity (Wildman–Crippen MR) is 106 cm³/mol. The first kappa shape index (κ1) is 19.9. The van der Waals surface area contributed by atoms with Crippen LogP contribution < -0.4 is 10.6 Å². The fraction of sp³-hybridized carbons (Fsp3) is 0.211. The number of nitrogens with one attached hydrogen (secondary N) is 2. The van der Waals surface area contributed by atoms with E-state index in [1.54, 1.807) is 24.3 Å². The molecule has 0 bridgehead atoms. The zero-order valence-electron chi connectivity index (χ0n) is 14.0. The summed E-state index contributed by atoms with van der Waals surface area (Å²) < 4.78 is 5.13. The molecule has 136 valence electrons. The van der Waals surface area contributed by atoms with Gasteiger partial charge in [-0.25, -0.2) is 0 Å². The van der Waals surface area contributed by atoms with Gasteiger partial charge in [-0.15, -0.1) is 0 Å². The lowest BCUT2D eigenvalue weighted by atomic mass is 10.2. The number of benzene rings is 2. The summed E-state index contributed by atoms with van der Waals surface area (Å²) in [6.45, 7) is 0.291. The van der Waals surface area contributed by atoms with E-state index in [1.807, 2.05) is 30.3 Å². The molecule has 2 N–H and O–H groups in total. The summed E-state index contributed by atoms with van der Waals surface area (Å²) in [5, 5.41) is 6.07. The zero-order valence-corrected chi connectivity index (χ0v) is 15.6. The van der Waals surface area contributed by atoms with E-state index in [4.69, 9.17) is 28.6 Å². The third kappa shape index (κ3) is 7.63. The van der Waals surface area contributed by atoms with E-state index in [2.05, 4.69) is 10.6 Å². The van der Waals surface area contributed by atoms with Crippen LogP contribution in [-0.2, 0) is 20.7 Å². The van der Waals surface area contributed by atoms with Gasteiger partial charge in [0.25, 0.3) is 0 Å². The fourth-order valence-electron chi connectivity index (χ4n) is 2.13. The number of anilines is 1. The molecule has 0 radical (unpaired) electrons. The van der Waals surface area contributed by atoms with E-state index in [-0.39, 0.29) is 23.9 Å². The van der Waals surface area contributed by atoms with Crippen molar-refractivity contribution in [3.05, 3.63) is 65.2 Å². The molecule has 0 saturated heterocycles. The highest BCUT2D eigenvalue weighted by Gasteiger charge is 2.10. The molecular formula is C19H19ClN2O3S. The van der Waals surface area contributed by atoms with Gasteiger partial charge in [-0.3, -0.25) is 9.59 Å². The molecule has 0 unspecified atom stereocenters. The number of hydrogen-bond acceptors (Lipinski definition) is 4. The number of halogens is 1. The number of esters is 1. The Morgan fingerprint density at radius 2 is 1.81 bits per heavy atom. The van der Waals surface area contributed by atoms with Gasteiger partial charge in [0, 0.05) is 23.6 Å². The molecule has 2 aromatic rings. The summed E-state index contributed by atoms with van der Waals surface area (Å²) in [7, 11) is 0. The molecule has 1 amide bonds. The Morgan fingerprint density at radius 1 is 1.04 bits per heavy atom. The zero-order chi connectivity index (χ0) is 18.8. The van der Waals surface area contributed by atoms with Crippen LogP contribution in [0.15, 0.2) is 54.6 Å². The first-order valence-electron chi connectivity index (χ1n) is 8.09. The van der Waals surface area contributed by atoms with Crippen LogP contribution in [0.5, 0.6) is 0 Å². The van der Waals surface area contributed by atoms with Crippen molar-refractivity contribution in [2.24, 2.45) is 0 Å². The lowest BCUT2D eigenvalue weighted by molar-refractivity contribution is -0.144. The molecule has 0 spiro atoms. The Hall–Kier alpha value is -2.44. The summed E-state index contributed by atoms with van der Waals surface area (Å²) in [5.74, 6) is -0.769. The first-order valence-corrected chi connectivity index (χ1v) is 8.87. The molecule has 0 aliphatic heterocycles. The Bertz CT molecular complexity index is 768. The van der Waals surface area contributed by atoms with E-state index in [0.29, 0.717) is 23.7 Å². The van der Waals surface area contributed by atoms with E-state index in [1.165, 1.54) is 0 Å². The number of ether oxygens (including phenoxy) is 1. The lowest BCUT2D eigenvalue weighted by Gasteiger charge is -2.10. The predicted octanol–water partition coefficient (Wildman–Crippen LogP) is 3.72. The lowest BCUT2D eigenvalue weighted by Crippen LogP contribution is -2.34. The highest BCUT2D eigenvalue weighted by Crippen LogP contribution is 2.14. The SMILES string of the molecule is O=C(CCC(=O)OCCc1ccccc1)NC(=S)Nc1cccc(Cl)c1. The molecule has 0 atom stereocenters. The van der Waals surface area contributed by atoms with Crippen molar-refractivity contribution >= 4 is 46.5 Å². The molecule has 0 aliphatic rings. The average molecular weight is 391 g/mol. The summed E-state index contributed by atoms with van der Waals surface area (Å²) >= 11 is 10.9. The monoisotopic (exact) mass is 390 g/mol.